The van der Waals surface area contributed by atoms with Gasteiger partial charge in [0.05, 0.1) is 5.75 Å². The van der Waals surface area contributed by atoms with Gasteiger partial charge in [0.2, 0.25) is 11.0 Å². The molecule has 0 aliphatic heterocycles. The number of anilines is 2. The first-order chi connectivity index (χ1) is 13.5. The van der Waals surface area contributed by atoms with E-state index in [1.807, 2.05) is 24.3 Å². The van der Waals surface area contributed by atoms with Gasteiger partial charge >= 0.3 is 0 Å². The molecule has 28 heavy (non-hydrogen) atoms. The Morgan fingerprint density at radius 2 is 1.89 bits per heavy atom. The lowest BCUT2D eigenvalue weighted by atomic mass is 10.0. The van der Waals surface area contributed by atoms with E-state index in [1.165, 1.54) is 39.8 Å². The maximum absolute atomic E-state index is 12.1. The Morgan fingerprint density at radius 3 is 2.64 bits per heavy atom. The van der Waals surface area contributed by atoms with E-state index >= 15 is 0 Å². The molecule has 3 aromatic rings. The smallest absolute Gasteiger partial charge is 0.230 e. The molecule has 0 radical (unpaired) electrons. The van der Waals surface area contributed by atoms with Crippen molar-refractivity contribution in [2.75, 3.05) is 17.6 Å². The number of carbonyl (C=O) groups excluding carboxylic acids is 1. The van der Waals surface area contributed by atoms with Gasteiger partial charge in [-0.15, -0.1) is 10.2 Å². The van der Waals surface area contributed by atoms with Gasteiger partial charge in [0.15, 0.2) is 4.34 Å². The number of aryl methyl sites for hydroxylation is 2. The van der Waals surface area contributed by atoms with Crippen LogP contribution in [0.2, 0.25) is 0 Å². The molecule has 2 N–H and O–H groups in total. The molecule has 0 fully saturated rings. The molecule has 0 spiro atoms. The maximum Gasteiger partial charge on any atom is 0.230 e. The first-order valence-corrected chi connectivity index (χ1v) is 10.9. The highest BCUT2D eigenvalue weighted by Gasteiger charge is 2.11. The molecule has 5 nitrogen and oxygen atoms in total. The Labute approximate surface area is 174 Å². The third-order valence-corrected chi connectivity index (χ3v) is 6.44. The van der Waals surface area contributed by atoms with Crippen LogP contribution in [0.25, 0.3) is 0 Å². The van der Waals surface area contributed by atoms with E-state index < -0.39 is 0 Å². The van der Waals surface area contributed by atoms with Crippen molar-refractivity contribution in [2.24, 2.45) is 0 Å². The van der Waals surface area contributed by atoms with E-state index in [-0.39, 0.29) is 11.8 Å². The molecule has 1 aromatic heterocycles. The summed E-state index contributed by atoms with van der Waals surface area (Å²) in [5.74, 6) is 0.622. The SMILES string of the molecule is Cc1ccc(Nc2nnc(SCC(=O)NC[C@H](C)c3ccccc3)s2)cc1C. The van der Waals surface area contributed by atoms with E-state index in [4.69, 9.17) is 0 Å². The molecule has 146 valence electrons. The van der Waals surface area contributed by atoms with Crippen molar-refractivity contribution < 1.29 is 4.79 Å². The third kappa shape index (κ3) is 5.81. The quantitative estimate of drug-likeness (QED) is 0.515. The molecule has 2 aromatic carbocycles. The fraction of sp³-hybridized carbons (Fsp3) is 0.286. The highest BCUT2D eigenvalue weighted by molar-refractivity contribution is 8.01. The topological polar surface area (TPSA) is 66.9 Å². The molecule has 0 aliphatic carbocycles. The van der Waals surface area contributed by atoms with Gasteiger partial charge in [-0.05, 0) is 48.6 Å². The van der Waals surface area contributed by atoms with Crippen LogP contribution in [0.3, 0.4) is 0 Å². The van der Waals surface area contributed by atoms with Crippen molar-refractivity contribution >= 4 is 39.8 Å². The number of amides is 1. The highest BCUT2D eigenvalue weighted by Crippen LogP contribution is 2.28. The van der Waals surface area contributed by atoms with Crippen LogP contribution < -0.4 is 10.6 Å². The second kappa shape index (κ2) is 9.71. The summed E-state index contributed by atoms with van der Waals surface area (Å²) in [6.07, 6.45) is 0. The molecule has 0 unspecified atom stereocenters. The predicted octanol–water partition coefficient (Wildman–Crippen LogP) is 4.91. The van der Waals surface area contributed by atoms with Gasteiger partial charge < -0.3 is 10.6 Å². The van der Waals surface area contributed by atoms with Crippen LogP contribution in [0.4, 0.5) is 10.8 Å². The Hall–Kier alpha value is -2.38. The molecular formula is C21H24N4OS2. The largest absolute Gasteiger partial charge is 0.355 e. The van der Waals surface area contributed by atoms with Gasteiger partial charge in [-0.1, -0.05) is 66.4 Å². The number of nitrogens with zero attached hydrogens (tertiary/aromatic N) is 2. The normalized spacial score (nSPS) is 11.8. The molecule has 1 heterocycles. The van der Waals surface area contributed by atoms with Gasteiger partial charge in [0.1, 0.15) is 0 Å². The minimum atomic E-state index is 0.00616. The standard InChI is InChI=1S/C21H24N4OS2/c1-14-9-10-18(11-15(14)2)23-20-24-25-21(28-20)27-13-19(26)22-12-16(3)17-7-5-4-6-8-17/h4-11,16H,12-13H2,1-3H3,(H,22,26)(H,23,24)/t16-/m0/s1. The third-order valence-electron chi connectivity index (χ3n) is 4.47. The predicted molar refractivity (Wildman–Crippen MR) is 118 cm³/mol. The lowest BCUT2D eigenvalue weighted by Gasteiger charge is -2.12. The van der Waals surface area contributed by atoms with Gasteiger partial charge in [-0.2, -0.15) is 0 Å². The average Bonchev–Trinajstić information content (AvgIpc) is 3.15. The summed E-state index contributed by atoms with van der Waals surface area (Å²) in [5, 5.41) is 15.3. The molecule has 0 bridgehead atoms. The van der Waals surface area contributed by atoms with Crippen LogP contribution in [0.1, 0.15) is 29.5 Å². The first kappa shape index (κ1) is 20.4. The number of aromatic nitrogens is 2. The van der Waals surface area contributed by atoms with Crippen molar-refractivity contribution in [1.82, 2.24) is 15.5 Å². The monoisotopic (exact) mass is 412 g/mol. The lowest BCUT2D eigenvalue weighted by molar-refractivity contribution is -0.118. The summed E-state index contributed by atoms with van der Waals surface area (Å²) in [6.45, 7) is 6.90. The van der Waals surface area contributed by atoms with Crippen LogP contribution in [-0.2, 0) is 4.79 Å². The van der Waals surface area contributed by atoms with E-state index in [1.54, 1.807) is 0 Å². The van der Waals surface area contributed by atoms with Crippen molar-refractivity contribution in [3.8, 4) is 0 Å². The van der Waals surface area contributed by atoms with Crippen molar-refractivity contribution in [1.29, 1.82) is 0 Å². The van der Waals surface area contributed by atoms with E-state index in [9.17, 15) is 4.79 Å². The Morgan fingerprint density at radius 1 is 1.11 bits per heavy atom. The van der Waals surface area contributed by atoms with E-state index in [0.29, 0.717) is 12.3 Å². The summed E-state index contributed by atoms with van der Waals surface area (Å²) in [6, 6.07) is 16.4. The number of thioether (sulfide) groups is 1. The van der Waals surface area contributed by atoms with Crippen LogP contribution in [-0.4, -0.2) is 28.4 Å². The van der Waals surface area contributed by atoms with Crippen LogP contribution >= 0.6 is 23.1 Å². The van der Waals surface area contributed by atoms with Crippen LogP contribution in [0.5, 0.6) is 0 Å². The zero-order valence-electron chi connectivity index (χ0n) is 16.2. The van der Waals surface area contributed by atoms with E-state index in [0.717, 1.165) is 15.2 Å². The zero-order chi connectivity index (χ0) is 19.9. The number of benzene rings is 2. The van der Waals surface area contributed by atoms with Gasteiger partial charge in [-0.25, -0.2) is 0 Å². The van der Waals surface area contributed by atoms with Gasteiger partial charge in [-0.3, -0.25) is 4.79 Å². The summed E-state index contributed by atoms with van der Waals surface area (Å²) >= 11 is 2.86. The zero-order valence-corrected chi connectivity index (χ0v) is 17.9. The second-order valence-corrected chi connectivity index (χ2v) is 8.90. The molecule has 3 rings (SSSR count). The van der Waals surface area contributed by atoms with E-state index in [2.05, 4.69) is 65.9 Å². The maximum atomic E-state index is 12.1. The minimum Gasteiger partial charge on any atom is -0.355 e. The molecule has 1 amide bonds. The Kier molecular flexibility index (Phi) is 7.06. The summed E-state index contributed by atoms with van der Waals surface area (Å²) in [4.78, 5) is 12.1. The van der Waals surface area contributed by atoms with Crippen LogP contribution in [0, 0.1) is 13.8 Å². The van der Waals surface area contributed by atoms with Crippen molar-refractivity contribution in [3.63, 3.8) is 0 Å². The number of nitrogens with one attached hydrogen (secondary N) is 2. The number of carbonyl (C=O) groups is 1. The van der Waals surface area contributed by atoms with Crippen molar-refractivity contribution in [3.05, 3.63) is 65.2 Å². The number of hydrogen-bond donors (Lipinski definition) is 2. The molecule has 7 heteroatoms. The highest BCUT2D eigenvalue weighted by atomic mass is 32.2. The fourth-order valence-corrected chi connectivity index (χ4v) is 4.21. The molecule has 0 saturated carbocycles. The molecule has 0 saturated heterocycles. The average molecular weight is 413 g/mol. The fourth-order valence-electron chi connectivity index (χ4n) is 2.61. The van der Waals surface area contributed by atoms with Gasteiger partial charge in [0.25, 0.3) is 0 Å². The molecular weight excluding hydrogens is 388 g/mol. The Bertz CT molecular complexity index is 927. The lowest BCUT2D eigenvalue weighted by Crippen LogP contribution is -2.28. The minimum absolute atomic E-state index is 0.00616. The van der Waals surface area contributed by atoms with Gasteiger partial charge in [0, 0.05) is 12.2 Å². The number of hydrogen-bond acceptors (Lipinski definition) is 6. The Balaban J connectivity index is 1.44. The second-order valence-electron chi connectivity index (χ2n) is 6.70. The molecule has 1 atom stereocenters. The summed E-state index contributed by atoms with van der Waals surface area (Å²) in [5.41, 5.74) is 4.70. The van der Waals surface area contributed by atoms with Crippen LogP contribution in [0.15, 0.2) is 52.9 Å². The first-order valence-electron chi connectivity index (χ1n) is 9.13. The summed E-state index contributed by atoms with van der Waals surface area (Å²) in [7, 11) is 0. The van der Waals surface area contributed by atoms with Crippen molar-refractivity contribution in [2.45, 2.75) is 31.0 Å². The molecule has 0 aliphatic rings. The summed E-state index contributed by atoms with van der Waals surface area (Å²) < 4.78 is 0.776. The number of rotatable bonds is 8.